The number of aryl methyl sites for hydroxylation is 2. The van der Waals surface area contributed by atoms with Crippen molar-refractivity contribution in [2.75, 3.05) is 0 Å². The van der Waals surface area contributed by atoms with Crippen LogP contribution in [0.5, 0.6) is 0 Å². The van der Waals surface area contributed by atoms with Crippen molar-refractivity contribution in [3.8, 4) is 11.5 Å². The highest BCUT2D eigenvalue weighted by molar-refractivity contribution is 7.10. The van der Waals surface area contributed by atoms with E-state index in [1.54, 1.807) is 0 Å². The van der Waals surface area contributed by atoms with Gasteiger partial charge in [0.05, 0.1) is 6.04 Å². The monoisotopic (exact) mass is 274 g/mol. The normalized spacial score (nSPS) is 13.1. The quantitative estimate of drug-likeness (QED) is 0.771. The van der Waals surface area contributed by atoms with Gasteiger partial charge in [0.2, 0.25) is 0 Å². The number of nitrogens with zero attached hydrogens (tertiary/aromatic N) is 5. The summed E-state index contributed by atoms with van der Waals surface area (Å²) in [6, 6.07) is 1.93. The molecule has 3 aromatic rings. The van der Waals surface area contributed by atoms with E-state index in [1.807, 2.05) is 36.6 Å². The van der Waals surface area contributed by atoms with Crippen LogP contribution in [-0.4, -0.2) is 24.6 Å². The first kappa shape index (κ1) is 12.2. The Morgan fingerprint density at radius 2 is 2.05 bits per heavy atom. The lowest BCUT2D eigenvalue weighted by Gasteiger charge is -2.02. The molecule has 3 rings (SSSR count). The van der Waals surface area contributed by atoms with E-state index in [0.717, 1.165) is 22.1 Å². The minimum atomic E-state index is -0.0700. The molecule has 7 heteroatoms. The zero-order valence-electron chi connectivity index (χ0n) is 11.0. The first-order chi connectivity index (χ1) is 9.06. The first-order valence-electron chi connectivity index (χ1n) is 5.97. The minimum Gasteiger partial charge on any atom is -0.322 e. The van der Waals surface area contributed by atoms with Gasteiger partial charge in [-0.25, -0.2) is 9.97 Å². The molecule has 1 unspecified atom stereocenters. The number of nitrogens with two attached hydrogens (primary N) is 1. The third-order valence-electron chi connectivity index (χ3n) is 2.83. The van der Waals surface area contributed by atoms with Crippen molar-refractivity contribution in [2.45, 2.75) is 26.8 Å². The Kier molecular flexibility index (Phi) is 2.79. The first-order valence-corrected chi connectivity index (χ1v) is 6.85. The predicted octanol–water partition coefficient (Wildman–Crippen LogP) is 1.88. The number of rotatable bonds is 2. The van der Waals surface area contributed by atoms with Gasteiger partial charge in [0.1, 0.15) is 10.7 Å². The molecule has 3 heterocycles. The van der Waals surface area contributed by atoms with Crippen molar-refractivity contribution in [2.24, 2.45) is 5.73 Å². The molecule has 0 bridgehead atoms. The second-order valence-corrected chi connectivity index (χ2v) is 5.45. The molecule has 19 heavy (non-hydrogen) atoms. The van der Waals surface area contributed by atoms with Gasteiger partial charge < -0.3 is 5.73 Å². The van der Waals surface area contributed by atoms with E-state index in [2.05, 4.69) is 20.2 Å². The summed E-state index contributed by atoms with van der Waals surface area (Å²) >= 11 is 1.54. The molecular formula is C12H14N6S. The van der Waals surface area contributed by atoms with Crippen molar-refractivity contribution in [1.29, 1.82) is 0 Å². The van der Waals surface area contributed by atoms with Crippen LogP contribution < -0.4 is 5.73 Å². The lowest BCUT2D eigenvalue weighted by molar-refractivity contribution is 0.807. The second-order valence-electron chi connectivity index (χ2n) is 4.56. The molecule has 0 fully saturated rings. The Morgan fingerprint density at radius 3 is 2.74 bits per heavy atom. The number of hydrogen-bond acceptors (Lipinski definition) is 6. The lowest BCUT2D eigenvalue weighted by Crippen LogP contribution is -2.04. The van der Waals surface area contributed by atoms with Gasteiger partial charge in [0, 0.05) is 16.8 Å². The smallest absolute Gasteiger partial charge is 0.255 e. The number of aromatic nitrogens is 5. The molecule has 0 aliphatic carbocycles. The van der Waals surface area contributed by atoms with Crippen molar-refractivity contribution < 1.29 is 0 Å². The number of fused-ring (bicyclic) bond motifs is 1. The van der Waals surface area contributed by atoms with Crippen LogP contribution in [0.15, 0.2) is 11.4 Å². The van der Waals surface area contributed by atoms with E-state index in [-0.39, 0.29) is 6.04 Å². The lowest BCUT2D eigenvalue weighted by atomic mass is 10.3. The highest BCUT2D eigenvalue weighted by atomic mass is 32.1. The molecule has 98 valence electrons. The molecule has 0 aliphatic rings. The van der Waals surface area contributed by atoms with Gasteiger partial charge in [-0.15, -0.1) is 21.5 Å². The van der Waals surface area contributed by atoms with E-state index in [9.17, 15) is 0 Å². The maximum atomic E-state index is 5.84. The van der Waals surface area contributed by atoms with Crippen LogP contribution in [0.1, 0.15) is 29.4 Å². The fourth-order valence-corrected chi connectivity index (χ4v) is 2.75. The Balaban J connectivity index is 2.19. The zero-order chi connectivity index (χ0) is 13.6. The average Bonchev–Trinajstić information content (AvgIpc) is 2.93. The third kappa shape index (κ3) is 2.00. The molecule has 2 N–H and O–H groups in total. The van der Waals surface area contributed by atoms with Gasteiger partial charge in [-0.3, -0.25) is 4.40 Å². The zero-order valence-corrected chi connectivity index (χ0v) is 11.8. The number of thiazole rings is 1. The molecule has 0 aliphatic heterocycles. The van der Waals surface area contributed by atoms with Gasteiger partial charge in [-0.2, -0.15) is 0 Å². The molecule has 6 nitrogen and oxygen atoms in total. The highest BCUT2D eigenvalue weighted by Crippen LogP contribution is 2.24. The maximum Gasteiger partial charge on any atom is 0.255 e. The van der Waals surface area contributed by atoms with E-state index in [1.165, 1.54) is 11.3 Å². The van der Waals surface area contributed by atoms with E-state index in [4.69, 9.17) is 5.73 Å². The largest absolute Gasteiger partial charge is 0.322 e. The van der Waals surface area contributed by atoms with E-state index >= 15 is 0 Å². The second kappa shape index (κ2) is 4.36. The topological polar surface area (TPSA) is 82.0 Å². The summed E-state index contributed by atoms with van der Waals surface area (Å²) < 4.78 is 1.91. The molecule has 1 atom stereocenters. The fourth-order valence-electron chi connectivity index (χ4n) is 2.00. The molecule has 0 amide bonds. The molecule has 3 aromatic heterocycles. The summed E-state index contributed by atoms with van der Waals surface area (Å²) in [6.45, 7) is 5.87. The third-order valence-corrected chi connectivity index (χ3v) is 3.88. The highest BCUT2D eigenvalue weighted by Gasteiger charge is 2.15. The van der Waals surface area contributed by atoms with Crippen LogP contribution in [0.4, 0.5) is 0 Å². The van der Waals surface area contributed by atoms with Gasteiger partial charge in [0.25, 0.3) is 5.78 Å². The Morgan fingerprint density at radius 1 is 1.26 bits per heavy atom. The fraction of sp³-hybridized carbons (Fsp3) is 0.333. The van der Waals surface area contributed by atoms with Crippen LogP contribution in [-0.2, 0) is 0 Å². The molecule has 0 saturated carbocycles. The van der Waals surface area contributed by atoms with Gasteiger partial charge in [-0.05, 0) is 26.8 Å². The molecule has 0 aromatic carbocycles. The van der Waals surface area contributed by atoms with Crippen molar-refractivity contribution >= 4 is 17.1 Å². The summed E-state index contributed by atoms with van der Waals surface area (Å²) in [5.74, 6) is 1.31. The number of hydrogen-bond donors (Lipinski definition) is 1. The SMILES string of the molecule is Cc1cc(C)n2c(-c3csc(C(C)N)n3)nnc2n1. The van der Waals surface area contributed by atoms with Gasteiger partial charge in [-0.1, -0.05) is 0 Å². The summed E-state index contributed by atoms with van der Waals surface area (Å²) in [7, 11) is 0. The van der Waals surface area contributed by atoms with Crippen LogP contribution in [0.2, 0.25) is 0 Å². The van der Waals surface area contributed by atoms with Gasteiger partial charge in [0.15, 0.2) is 5.82 Å². The van der Waals surface area contributed by atoms with Crippen LogP contribution >= 0.6 is 11.3 Å². The molecular weight excluding hydrogens is 260 g/mol. The van der Waals surface area contributed by atoms with Crippen LogP contribution in [0, 0.1) is 13.8 Å². The van der Waals surface area contributed by atoms with Crippen molar-refractivity contribution in [3.05, 3.63) is 27.8 Å². The van der Waals surface area contributed by atoms with Gasteiger partial charge >= 0.3 is 0 Å². The van der Waals surface area contributed by atoms with Crippen LogP contribution in [0.25, 0.3) is 17.3 Å². The Bertz CT molecular complexity index is 742. The standard InChI is InChI=1S/C12H14N6S/c1-6-4-7(2)18-10(16-17-12(18)14-6)9-5-19-11(15-9)8(3)13/h4-5,8H,13H2,1-3H3. The molecule has 0 spiro atoms. The Labute approximate surface area is 114 Å². The molecule has 0 saturated heterocycles. The summed E-state index contributed by atoms with van der Waals surface area (Å²) in [5, 5.41) is 11.1. The van der Waals surface area contributed by atoms with Crippen molar-refractivity contribution in [1.82, 2.24) is 24.6 Å². The van der Waals surface area contributed by atoms with Crippen LogP contribution in [0.3, 0.4) is 0 Å². The average molecular weight is 274 g/mol. The van der Waals surface area contributed by atoms with E-state index < -0.39 is 0 Å². The predicted molar refractivity (Wildman–Crippen MR) is 74.0 cm³/mol. The van der Waals surface area contributed by atoms with E-state index in [0.29, 0.717) is 11.6 Å². The molecule has 0 radical (unpaired) electrons. The summed E-state index contributed by atoms with van der Waals surface area (Å²) in [6.07, 6.45) is 0. The van der Waals surface area contributed by atoms with Crippen molar-refractivity contribution in [3.63, 3.8) is 0 Å². The summed E-state index contributed by atoms with van der Waals surface area (Å²) in [4.78, 5) is 8.87. The summed E-state index contributed by atoms with van der Waals surface area (Å²) in [5.41, 5.74) is 8.59. The maximum absolute atomic E-state index is 5.84. The Hall–Kier alpha value is -1.86. The minimum absolute atomic E-state index is 0.0700.